The van der Waals surface area contributed by atoms with Crippen LogP contribution in [0.15, 0.2) is 0 Å². The predicted molar refractivity (Wildman–Crippen MR) is 70.7 cm³/mol. The molecular weight excluding hydrogens is 254 g/mol. The van der Waals surface area contributed by atoms with E-state index in [1.165, 1.54) is 0 Å². The molecule has 6 nitrogen and oxygen atoms in total. The van der Waals surface area contributed by atoms with E-state index in [9.17, 15) is 13.2 Å². The molecule has 1 aliphatic heterocycles. The minimum atomic E-state index is -3.19. The Kier molecular flexibility index (Phi) is 6.04. The number of amides is 1. The number of likely N-dealkylation sites (tertiary alicyclic amines) is 1. The smallest absolute Gasteiger partial charge is 0.224 e. The summed E-state index contributed by atoms with van der Waals surface area (Å²) >= 11 is 0. The van der Waals surface area contributed by atoms with Gasteiger partial charge in [-0.15, -0.1) is 0 Å². The number of hydrogen-bond acceptors (Lipinski definition) is 4. The molecule has 0 saturated carbocycles. The second kappa shape index (κ2) is 7.06. The highest BCUT2D eigenvalue weighted by atomic mass is 32.2. The standard InChI is InChI=1S/C11H23N3O3S/c1-12-7-6-11(15)14-8-4-3-5-10(14)9-13-18(2,16)17/h10,12-13H,3-9H2,1-2H3. The lowest BCUT2D eigenvalue weighted by Gasteiger charge is -2.36. The molecule has 1 amide bonds. The van der Waals surface area contributed by atoms with Crippen LogP contribution in [0.4, 0.5) is 0 Å². The minimum absolute atomic E-state index is 0.00201. The van der Waals surface area contributed by atoms with Gasteiger partial charge in [-0.25, -0.2) is 13.1 Å². The Hall–Kier alpha value is -0.660. The average Bonchev–Trinajstić information content (AvgIpc) is 2.33. The molecule has 106 valence electrons. The Labute approximate surface area is 109 Å². The van der Waals surface area contributed by atoms with Crippen molar-refractivity contribution in [3.05, 3.63) is 0 Å². The number of rotatable bonds is 6. The molecule has 1 saturated heterocycles. The molecular formula is C11H23N3O3S. The van der Waals surface area contributed by atoms with Gasteiger partial charge in [0.2, 0.25) is 15.9 Å². The zero-order valence-electron chi connectivity index (χ0n) is 11.1. The Balaban J connectivity index is 2.53. The first-order chi connectivity index (χ1) is 8.44. The number of hydrogen-bond donors (Lipinski definition) is 2. The summed E-state index contributed by atoms with van der Waals surface area (Å²) in [6.45, 7) is 1.71. The second-order valence-electron chi connectivity index (χ2n) is 4.71. The van der Waals surface area contributed by atoms with Crippen molar-refractivity contribution in [2.75, 3.05) is 32.9 Å². The van der Waals surface area contributed by atoms with Gasteiger partial charge >= 0.3 is 0 Å². The SMILES string of the molecule is CNCCC(=O)N1CCCCC1CNS(C)(=O)=O. The molecule has 0 aliphatic carbocycles. The van der Waals surface area contributed by atoms with E-state index >= 15 is 0 Å². The molecule has 1 atom stereocenters. The maximum Gasteiger partial charge on any atom is 0.224 e. The van der Waals surface area contributed by atoms with Gasteiger partial charge in [-0.3, -0.25) is 4.79 Å². The van der Waals surface area contributed by atoms with Crippen molar-refractivity contribution < 1.29 is 13.2 Å². The first-order valence-corrected chi connectivity index (χ1v) is 8.22. The average molecular weight is 277 g/mol. The van der Waals surface area contributed by atoms with E-state index in [-0.39, 0.29) is 11.9 Å². The molecule has 1 heterocycles. The monoisotopic (exact) mass is 277 g/mol. The lowest BCUT2D eigenvalue weighted by atomic mass is 10.0. The molecule has 0 aromatic heterocycles. The number of nitrogens with one attached hydrogen (secondary N) is 2. The molecule has 2 N–H and O–H groups in total. The first kappa shape index (κ1) is 15.4. The van der Waals surface area contributed by atoms with E-state index in [1.54, 1.807) is 0 Å². The van der Waals surface area contributed by atoms with Gasteiger partial charge in [-0.1, -0.05) is 0 Å². The zero-order chi connectivity index (χ0) is 13.6. The largest absolute Gasteiger partial charge is 0.338 e. The first-order valence-electron chi connectivity index (χ1n) is 6.33. The van der Waals surface area contributed by atoms with E-state index in [0.717, 1.165) is 32.1 Å². The van der Waals surface area contributed by atoms with Gasteiger partial charge in [0, 0.05) is 32.1 Å². The fourth-order valence-corrected chi connectivity index (χ4v) is 2.66. The van der Waals surface area contributed by atoms with Crippen LogP contribution in [0.5, 0.6) is 0 Å². The van der Waals surface area contributed by atoms with Crippen LogP contribution >= 0.6 is 0 Å². The summed E-state index contributed by atoms with van der Waals surface area (Å²) in [6.07, 6.45) is 4.52. The van der Waals surface area contributed by atoms with Crippen LogP contribution in [0.2, 0.25) is 0 Å². The molecule has 1 fully saturated rings. The topological polar surface area (TPSA) is 78.5 Å². The molecule has 7 heteroatoms. The Morgan fingerprint density at radius 2 is 2.11 bits per heavy atom. The van der Waals surface area contributed by atoms with Gasteiger partial charge < -0.3 is 10.2 Å². The van der Waals surface area contributed by atoms with Crippen molar-refractivity contribution in [2.45, 2.75) is 31.7 Å². The number of carbonyl (C=O) groups is 1. The van der Waals surface area contributed by atoms with Crippen LogP contribution in [0.3, 0.4) is 0 Å². The molecule has 0 radical (unpaired) electrons. The van der Waals surface area contributed by atoms with Gasteiger partial charge in [0.25, 0.3) is 0 Å². The molecule has 0 aromatic rings. The maximum absolute atomic E-state index is 12.0. The summed E-state index contributed by atoms with van der Waals surface area (Å²) in [5.74, 6) is 0.101. The van der Waals surface area contributed by atoms with Crippen molar-refractivity contribution in [2.24, 2.45) is 0 Å². The van der Waals surface area contributed by atoms with Crippen molar-refractivity contribution >= 4 is 15.9 Å². The number of piperidine rings is 1. The number of nitrogens with zero attached hydrogens (tertiary/aromatic N) is 1. The van der Waals surface area contributed by atoms with Gasteiger partial charge in [-0.2, -0.15) is 0 Å². The summed E-state index contributed by atoms with van der Waals surface area (Å²) in [4.78, 5) is 13.8. The normalized spacial score (nSPS) is 21.0. The van der Waals surface area contributed by atoms with Crippen LogP contribution in [-0.2, 0) is 14.8 Å². The predicted octanol–water partition coefficient (Wildman–Crippen LogP) is -0.474. The Morgan fingerprint density at radius 3 is 2.72 bits per heavy atom. The van der Waals surface area contributed by atoms with Crippen molar-refractivity contribution in [1.82, 2.24) is 14.9 Å². The van der Waals surface area contributed by atoms with Gasteiger partial charge in [0.05, 0.1) is 6.26 Å². The summed E-state index contributed by atoms with van der Waals surface area (Å²) in [5.41, 5.74) is 0. The highest BCUT2D eigenvalue weighted by Crippen LogP contribution is 2.17. The lowest BCUT2D eigenvalue weighted by Crippen LogP contribution is -2.49. The van der Waals surface area contributed by atoms with Crippen LogP contribution in [0.1, 0.15) is 25.7 Å². The summed E-state index contributed by atoms with van der Waals surface area (Å²) in [5, 5.41) is 2.95. The Morgan fingerprint density at radius 1 is 1.39 bits per heavy atom. The highest BCUT2D eigenvalue weighted by molar-refractivity contribution is 7.88. The number of sulfonamides is 1. The maximum atomic E-state index is 12.0. The Bertz CT molecular complexity index is 370. The van der Waals surface area contributed by atoms with E-state index in [4.69, 9.17) is 0 Å². The number of carbonyl (C=O) groups excluding carboxylic acids is 1. The van der Waals surface area contributed by atoms with Crippen LogP contribution in [0, 0.1) is 0 Å². The van der Waals surface area contributed by atoms with Gasteiger partial charge in [-0.05, 0) is 26.3 Å². The second-order valence-corrected chi connectivity index (χ2v) is 6.54. The molecule has 0 spiro atoms. The van der Waals surface area contributed by atoms with Crippen molar-refractivity contribution in [3.63, 3.8) is 0 Å². The third kappa shape index (κ3) is 5.32. The molecule has 1 unspecified atom stereocenters. The highest BCUT2D eigenvalue weighted by Gasteiger charge is 2.26. The summed E-state index contributed by atoms with van der Waals surface area (Å²) in [6, 6.07) is -0.00201. The molecule has 0 aromatic carbocycles. The quantitative estimate of drug-likeness (QED) is 0.688. The molecule has 18 heavy (non-hydrogen) atoms. The van der Waals surface area contributed by atoms with Crippen molar-refractivity contribution in [1.29, 1.82) is 0 Å². The third-order valence-corrected chi connectivity index (χ3v) is 3.81. The van der Waals surface area contributed by atoms with E-state index in [2.05, 4.69) is 10.0 Å². The van der Waals surface area contributed by atoms with Gasteiger partial charge in [0.1, 0.15) is 0 Å². The van der Waals surface area contributed by atoms with Crippen LogP contribution in [0.25, 0.3) is 0 Å². The summed E-state index contributed by atoms with van der Waals surface area (Å²) < 4.78 is 24.7. The van der Waals surface area contributed by atoms with E-state index in [0.29, 0.717) is 19.5 Å². The van der Waals surface area contributed by atoms with Crippen LogP contribution in [-0.4, -0.2) is 58.2 Å². The van der Waals surface area contributed by atoms with Crippen LogP contribution < -0.4 is 10.0 Å². The zero-order valence-corrected chi connectivity index (χ0v) is 11.9. The van der Waals surface area contributed by atoms with E-state index in [1.807, 2.05) is 11.9 Å². The molecule has 1 aliphatic rings. The molecule has 1 rings (SSSR count). The fourth-order valence-electron chi connectivity index (χ4n) is 2.16. The third-order valence-electron chi connectivity index (χ3n) is 3.12. The van der Waals surface area contributed by atoms with Gasteiger partial charge in [0.15, 0.2) is 0 Å². The van der Waals surface area contributed by atoms with Crippen molar-refractivity contribution in [3.8, 4) is 0 Å². The fraction of sp³-hybridized carbons (Fsp3) is 0.909. The molecule has 0 bridgehead atoms. The lowest BCUT2D eigenvalue weighted by molar-refractivity contribution is -0.134. The summed E-state index contributed by atoms with van der Waals surface area (Å²) in [7, 11) is -1.38. The minimum Gasteiger partial charge on any atom is -0.338 e. The van der Waals surface area contributed by atoms with E-state index < -0.39 is 10.0 Å².